The van der Waals surface area contributed by atoms with Gasteiger partial charge in [0.05, 0.1) is 35.0 Å². The summed E-state index contributed by atoms with van der Waals surface area (Å²) in [6.45, 7) is 0.609. The topological polar surface area (TPSA) is 46.2 Å². The van der Waals surface area contributed by atoms with Gasteiger partial charge < -0.3 is 23.7 Å². The monoisotopic (exact) mass is 330 g/mol. The molecule has 0 aromatic heterocycles. The lowest BCUT2D eigenvalue weighted by Gasteiger charge is -2.27. The summed E-state index contributed by atoms with van der Waals surface area (Å²) in [6, 6.07) is 9.87. The highest BCUT2D eigenvalue weighted by molar-refractivity contribution is 5.52. The van der Waals surface area contributed by atoms with Crippen LogP contribution >= 0.6 is 0 Å². The van der Waals surface area contributed by atoms with Crippen molar-refractivity contribution in [3.05, 3.63) is 41.5 Å². The number of methoxy groups -OCH3 is 4. The van der Waals surface area contributed by atoms with Crippen molar-refractivity contribution in [1.82, 2.24) is 0 Å². The Morgan fingerprint density at radius 3 is 2.08 bits per heavy atom. The summed E-state index contributed by atoms with van der Waals surface area (Å²) in [4.78, 5) is 0. The third-order valence-electron chi connectivity index (χ3n) is 4.35. The molecule has 0 spiro atoms. The van der Waals surface area contributed by atoms with Gasteiger partial charge in [-0.2, -0.15) is 0 Å². The van der Waals surface area contributed by atoms with Crippen molar-refractivity contribution >= 4 is 0 Å². The Kier molecular flexibility index (Phi) is 4.69. The van der Waals surface area contributed by atoms with E-state index in [4.69, 9.17) is 23.7 Å². The molecule has 0 aliphatic carbocycles. The summed E-state index contributed by atoms with van der Waals surface area (Å²) in [7, 11) is 6.54. The van der Waals surface area contributed by atoms with Crippen LogP contribution in [0.1, 0.15) is 17.0 Å². The minimum Gasteiger partial charge on any atom is -0.493 e. The van der Waals surface area contributed by atoms with Gasteiger partial charge in [-0.1, -0.05) is 6.07 Å². The van der Waals surface area contributed by atoms with E-state index in [1.165, 1.54) is 0 Å². The quantitative estimate of drug-likeness (QED) is 0.840. The van der Waals surface area contributed by atoms with Crippen LogP contribution in [0.15, 0.2) is 30.3 Å². The summed E-state index contributed by atoms with van der Waals surface area (Å²) in [5, 5.41) is 0. The highest BCUT2D eigenvalue weighted by atomic mass is 16.5. The molecule has 5 nitrogen and oxygen atoms in total. The molecule has 1 atom stereocenters. The van der Waals surface area contributed by atoms with E-state index in [1.807, 2.05) is 24.3 Å². The van der Waals surface area contributed by atoms with Crippen molar-refractivity contribution < 1.29 is 23.7 Å². The molecule has 1 heterocycles. The van der Waals surface area contributed by atoms with Gasteiger partial charge in [-0.3, -0.25) is 0 Å². The van der Waals surface area contributed by atoms with Gasteiger partial charge >= 0.3 is 0 Å². The molecule has 0 fully saturated rings. The zero-order chi connectivity index (χ0) is 17.1. The Morgan fingerprint density at radius 2 is 1.42 bits per heavy atom. The summed E-state index contributed by atoms with van der Waals surface area (Å²) >= 11 is 0. The van der Waals surface area contributed by atoms with Crippen LogP contribution in [-0.4, -0.2) is 35.0 Å². The fourth-order valence-electron chi connectivity index (χ4n) is 3.03. The van der Waals surface area contributed by atoms with Gasteiger partial charge in [0.2, 0.25) is 0 Å². The number of fused-ring (bicyclic) bond motifs is 1. The highest BCUT2D eigenvalue weighted by Crippen LogP contribution is 2.41. The van der Waals surface area contributed by atoms with Crippen molar-refractivity contribution in [1.29, 1.82) is 0 Å². The van der Waals surface area contributed by atoms with Crippen LogP contribution in [0.4, 0.5) is 0 Å². The van der Waals surface area contributed by atoms with Crippen LogP contribution < -0.4 is 23.7 Å². The fourth-order valence-corrected chi connectivity index (χ4v) is 3.03. The Balaban J connectivity index is 1.89. The lowest BCUT2D eigenvalue weighted by Crippen LogP contribution is -2.19. The maximum Gasteiger partial charge on any atom is 0.164 e. The van der Waals surface area contributed by atoms with Crippen molar-refractivity contribution in [2.75, 3.05) is 35.0 Å². The second kappa shape index (κ2) is 6.91. The van der Waals surface area contributed by atoms with E-state index in [9.17, 15) is 0 Å². The van der Waals surface area contributed by atoms with Crippen LogP contribution in [0.5, 0.6) is 28.7 Å². The third-order valence-corrected chi connectivity index (χ3v) is 4.35. The molecule has 1 aliphatic heterocycles. The number of rotatable bonds is 5. The lowest BCUT2D eigenvalue weighted by molar-refractivity contribution is 0.258. The molecule has 0 N–H and O–H groups in total. The van der Waals surface area contributed by atoms with Crippen LogP contribution in [0, 0.1) is 0 Å². The van der Waals surface area contributed by atoms with E-state index in [0.717, 1.165) is 34.8 Å². The van der Waals surface area contributed by atoms with Crippen molar-refractivity contribution in [2.24, 2.45) is 0 Å². The molecular formula is C19H22O5. The van der Waals surface area contributed by atoms with Gasteiger partial charge in [-0.15, -0.1) is 0 Å². The van der Waals surface area contributed by atoms with Crippen molar-refractivity contribution in [3.63, 3.8) is 0 Å². The molecule has 0 radical (unpaired) electrons. The Morgan fingerprint density at radius 1 is 0.792 bits per heavy atom. The fraction of sp³-hybridized carbons (Fsp3) is 0.368. The molecule has 128 valence electrons. The average Bonchev–Trinajstić information content (AvgIpc) is 2.65. The zero-order valence-corrected chi connectivity index (χ0v) is 14.4. The van der Waals surface area contributed by atoms with Gasteiger partial charge in [-0.25, -0.2) is 0 Å². The average molecular weight is 330 g/mol. The molecule has 2 aromatic carbocycles. The second-order valence-corrected chi connectivity index (χ2v) is 5.64. The van der Waals surface area contributed by atoms with E-state index in [-0.39, 0.29) is 5.92 Å². The normalized spacial score (nSPS) is 15.9. The SMILES string of the molecule is COc1ccc(C2COc3cc(OC)c(OC)cc3C2)cc1OC. The van der Waals surface area contributed by atoms with Gasteiger partial charge in [0, 0.05) is 12.0 Å². The first-order valence-electron chi connectivity index (χ1n) is 7.79. The van der Waals surface area contributed by atoms with Gasteiger partial charge in [0.1, 0.15) is 5.75 Å². The molecule has 1 aliphatic rings. The van der Waals surface area contributed by atoms with Crippen LogP contribution in [0.3, 0.4) is 0 Å². The Labute approximate surface area is 142 Å². The lowest BCUT2D eigenvalue weighted by atomic mass is 9.90. The predicted molar refractivity (Wildman–Crippen MR) is 91.0 cm³/mol. The van der Waals surface area contributed by atoms with E-state index >= 15 is 0 Å². The predicted octanol–water partition coefficient (Wildman–Crippen LogP) is 3.44. The van der Waals surface area contributed by atoms with Crippen molar-refractivity contribution in [2.45, 2.75) is 12.3 Å². The molecular weight excluding hydrogens is 308 g/mol. The van der Waals surface area contributed by atoms with E-state index in [1.54, 1.807) is 28.4 Å². The van der Waals surface area contributed by atoms with Crippen LogP contribution in [0.2, 0.25) is 0 Å². The number of benzene rings is 2. The van der Waals surface area contributed by atoms with Crippen molar-refractivity contribution in [3.8, 4) is 28.7 Å². The van der Waals surface area contributed by atoms with E-state index in [2.05, 4.69) is 6.07 Å². The summed E-state index contributed by atoms with van der Waals surface area (Å²) in [5.41, 5.74) is 2.27. The van der Waals surface area contributed by atoms with Gasteiger partial charge in [0.25, 0.3) is 0 Å². The second-order valence-electron chi connectivity index (χ2n) is 5.64. The van der Waals surface area contributed by atoms with Gasteiger partial charge in [0.15, 0.2) is 23.0 Å². The number of hydrogen-bond donors (Lipinski definition) is 0. The van der Waals surface area contributed by atoms with Gasteiger partial charge in [-0.05, 0) is 35.7 Å². The summed E-state index contributed by atoms with van der Waals surface area (Å²) in [6.07, 6.45) is 0.866. The molecule has 3 rings (SSSR count). The highest BCUT2D eigenvalue weighted by Gasteiger charge is 2.24. The molecule has 0 saturated carbocycles. The first-order valence-corrected chi connectivity index (χ1v) is 7.79. The molecule has 1 unspecified atom stereocenters. The van der Waals surface area contributed by atoms with E-state index < -0.39 is 0 Å². The largest absolute Gasteiger partial charge is 0.493 e. The smallest absolute Gasteiger partial charge is 0.164 e. The van der Waals surface area contributed by atoms with E-state index in [0.29, 0.717) is 18.1 Å². The molecule has 0 bridgehead atoms. The Hall–Kier alpha value is -2.56. The summed E-state index contributed by atoms with van der Waals surface area (Å²) in [5.74, 6) is 3.95. The number of hydrogen-bond acceptors (Lipinski definition) is 5. The molecule has 0 amide bonds. The molecule has 2 aromatic rings. The first kappa shape index (κ1) is 16.3. The maximum absolute atomic E-state index is 5.95. The summed E-state index contributed by atoms with van der Waals surface area (Å²) < 4.78 is 27.4. The molecule has 24 heavy (non-hydrogen) atoms. The first-order chi connectivity index (χ1) is 11.7. The maximum atomic E-state index is 5.95. The van der Waals surface area contributed by atoms with Crippen LogP contribution in [-0.2, 0) is 6.42 Å². The Bertz CT molecular complexity index is 726. The molecule has 0 saturated heterocycles. The van der Waals surface area contributed by atoms with Crippen LogP contribution in [0.25, 0.3) is 0 Å². The minimum atomic E-state index is 0.246. The number of ether oxygens (including phenoxy) is 5. The standard InChI is InChI=1S/C19H22O5/c1-20-15-6-5-12(8-17(15)21-2)14-7-13-9-18(22-3)19(23-4)10-16(13)24-11-14/h5-6,8-10,14H,7,11H2,1-4H3. The minimum absolute atomic E-state index is 0.246. The third kappa shape index (κ3) is 2.94. The zero-order valence-electron chi connectivity index (χ0n) is 14.4. The molecule has 5 heteroatoms.